The lowest BCUT2D eigenvalue weighted by Crippen LogP contribution is -2.37. The molecule has 0 heterocycles. The summed E-state index contributed by atoms with van der Waals surface area (Å²) in [6.07, 6.45) is 1.15. The van der Waals surface area contributed by atoms with Crippen molar-refractivity contribution < 1.29 is 0 Å². The second kappa shape index (κ2) is 4.80. The zero-order valence-electron chi connectivity index (χ0n) is 10.6. The maximum atomic E-state index is 3.59. The third-order valence-corrected chi connectivity index (χ3v) is 3.14. The van der Waals surface area contributed by atoms with Gasteiger partial charge in [0.05, 0.1) is 0 Å². The molecule has 1 rings (SSSR count). The topological polar surface area (TPSA) is 12.0 Å². The molecule has 0 saturated carbocycles. The molecule has 0 aliphatic heterocycles. The molecule has 84 valence electrons. The van der Waals surface area contributed by atoms with Crippen LogP contribution in [0.2, 0.25) is 0 Å². The Kier molecular flexibility index (Phi) is 3.92. The summed E-state index contributed by atoms with van der Waals surface area (Å²) in [7, 11) is 0. The van der Waals surface area contributed by atoms with E-state index in [0.29, 0.717) is 0 Å². The molecule has 0 bridgehead atoms. The van der Waals surface area contributed by atoms with Gasteiger partial charge in [0.1, 0.15) is 0 Å². The SMILES string of the molecule is CCC(C)(C)NCc1ccc(C)cc1C. The smallest absolute Gasteiger partial charge is 0.0213 e. The Morgan fingerprint density at radius 3 is 2.40 bits per heavy atom. The number of hydrogen-bond donors (Lipinski definition) is 1. The van der Waals surface area contributed by atoms with Crippen LogP contribution in [0.5, 0.6) is 0 Å². The molecule has 0 atom stereocenters. The van der Waals surface area contributed by atoms with Crippen LogP contribution in [0, 0.1) is 13.8 Å². The first-order valence-electron chi connectivity index (χ1n) is 5.76. The molecule has 1 N–H and O–H groups in total. The van der Waals surface area contributed by atoms with Crippen LogP contribution in [0.1, 0.15) is 43.9 Å². The molecule has 1 nitrogen and oxygen atoms in total. The zero-order chi connectivity index (χ0) is 11.5. The van der Waals surface area contributed by atoms with E-state index in [0.717, 1.165) is 13.0 Å². The van der Waals surface area contributed by atoms with E-state index in [1.807, 2.05) is 0 Å². The van der Waals surface area contributed by atoms with Gasteiger partial charge in [-0.2, -0.15) is 0 Å². The summed E-state index contributed by atoms with van der Waals surface area (Å²) in [5, 5.41) is 3.59. The minimum absolute atomic E-state index is 0.233. The summed E-state index contributed by atoms with van der Waals surface area (Å²) in [6, 6.07) is 6.66. The normalized spacial score (nSPS) is 11.8. The Balaban J connectivity index is 2.66. The molecule has 0 aliphatic carbocycles. The maximum absolute atomic E-state index is 3.59. The van der Waals surface area contributed by atoms with E-state index in [9.17, 15) is 0 Å². The van der Waals surface area contributed by atoms with Gasteiger partial charge in [-0.05, 0) is 45.2 Å². The van der Waals surface area contributed by atoms with E-state index in [4.69, 9.17) is 0 Å². The maximum Gasteiger partial charge on any atom is 0.0213 e. The molecule has 15 heavy (non-hydrogen) atoms. The van der Waals surface area contributed by atoms with Crippen LogP contribution in [0.15, 0.2) is 18.2 Å². The van der Waals surface area contributed by atoms with Gasteiger partial charge in [-0.3, -0.25) is 0 Å². The Morgan fingerprint density at radius 2 is 1.87 bits per heavy atom. The van der Waals surface area contributed by atoms with Crippen molar-refractivity contribution in [2.75, 3.05) is 0 Å². The quantitative estimate of drug-likeness (QED) is 0.792. The highest BCUT2D eigenvalue weighted by Crippen LogP contribution is 2.13. The van der Waals surface area contributed by atoms with Crippen molar-refractivity contribution >= 4 is 0 Å². The second-order valence-electron chi connectivity index (χ2n) is 5.02. The molecule has 0 unspecified atom stereocenters. The Hall–Kier alpha value is -0.820. The highest BCUT2D eigenvalue weighted by Gasteiger charge is 2.13. The summed E-state index contributed by atoms with van der Waals surface area (Å²) >= 11 is 0. The third-order valence-electron chi connectivity index (χ3n) is 3.14. The molecule has 1 aromatic rings. The molecule has 0 spiro atoms. The first kappa shape index (κ1) is 12.3. The second-order valence-corrected chi connectivity index (χ2v) is 5.02. The van der Waals surface area contributed by atoms with E-state index in [-0.39, 0.29) is 5.54 Å². The Labute approximate surface area is 93.9 Å². The number of rotatable bonds is 4. The summed E-state index contributed by atoms with van der Waals surface area (Å²) in [5.74, 6) is 0. The zero-order valence-corrected chi connectivity index (χ0v) is 10.6. The highest BCUT2D eigenvalue weighted by atomic mass is 14.9. The number of hydrogen-bond acceptors (Lipinski definition) is 1. The van der Waals surface area contributed by atoms with E-state index in [1.165, 1.54) is 16.7 Å². The molecule has 1 heteroatoms. The minimum Gasteiger partial charge on any atom is -0.308 e. The van der Waals surface area contributed by atoms with Crippen molar-refractivity contribution in [1.82, 2.24) is 5.32 Å². The molecular formula is C14H23N. The van der Waals surface area contributed by atoms with Crippen molar-refractivity contribution in [2.24, 2.45) is 0 Å². The first-order chi connectivity index (χ1) is 6.94. The van der Waals surface area contributed by atoms with Gasteiger partial charge in [-0.1, -0.05) is 30.7 Å². The van der Waals surface area contributed by atoms with Crippen LogP contribution in [-0.4, -0.2) is 5.54 Å². The number of aryl methyl sites for hydroxylation is 2. The third kappa shape index (κ3) is 3.67. The molecule has 0 aromatic heterocycles. The van der Waals surface area contributed by atoms with Crippen molar-refractivity contribution in [3.63, 3.8) is 0 Å². The van der Waals surface area contributed by atoms with Crippen LogP contribution in [-0.2, 0) is 6.54 Å². The van der Waals surface area contributed by atoms with Gasteiger partial charge in [-0.15, -0.1) is 0 Å². The van der Waals surface area contributed by atoms with Crippen LogP contribution in [0.25, 0.3) is 0 Å². The Morgan fingerprint density at radius 1 is 1.20 bits per heavy atom. The van der Waals surface area contributed by atoms with Gasteiger partial charge >= 0.3 is 0 Å². The fourth-order valence-corrected chi connectivity index (χ4v) is 1.50. The van der Waals surface area contributed by atoms with Gasteiger partial charge in [-0.25, -0.2) is 0 Å². The molecule has 0 radical (unpaired) electrons. The van der Waals surface area contributed by atoms with Crippen molar-refractivity contribution in [1.29, 1.82) is 0 Å². The molecule has 0 saturated heterocycles. The Bertz CT molecular complexity index is 326. The van der Waals surface area contributed by atoms with E-state index < -0.39 is 0 Å². The van der Waals surface area contributed by atoms with E-state index in [2.05, 4.69) is 58.1 Å². The fraction of sp³-hybridized carbons (Fsp3) is 0.571. The summed E-state index contributed by atoms with van der Waals surface area (Å²) in [4.78, 5) is 0. The van der Waals surface area contributed by atoms with Gasteiger partial charge < -0.3 is 5.32 Å². The van der Waals surface area contributed by atoms with Crippen LogP contribution in [0.4, 0.5) is 0 Å². The predicted octanol–water partition coefficient (Wildman–Crippen LogP) is 3.58. The molecule has 0 fully saturated rings. The summed E-state index contributed by atoms with van der Waals surface area (Å²) < 4.78 is 0. The standard InChI is InChI=1S/C14H23N/c1-6-14(4,5)15-10-13-8-7-11(2)9-12(13)3/h7-9,15H,6,10H2,1-5H3. The molecule has 0 amide bonds. The molecule has 1 aromatic carbocycles. The lowest BCUT2D eigenvalue weighted by molar-refractivity contribution is 0.374. The largest absolute Gasteiger partial charge is 0.308 e. The van der Waals surface area contributed by atoms with Crippen LogP contribution >= 0.6 is 0 Å². The van der Waals surface area contributed by atoms with E-state index >= 15 is 0 Å². The lowest BCUT2D eigenvalue weighted by atomic mass is 10.00. The van der Waals surface area contributed by atoms with E-state index in [1.54, 1.807) is 0 Å². The van der Waals surface area contributed by atoms with Crippen molar-refractivity contribution in [3.8, 4) is 0 Å². The molecule has 0 aliphatic rings. The predicted molar refractivity (Wildman–Crippen MR) is 67.1 cm³/mol. The lowest BCUT2D eigenvalue weighted by Gasteiger charge is -2.25. The highest BCUT2D eigenvalue weighted by molar-refractivity contribution is 5.30. The van der Waals surface area contributed by atoms with Crippen LogP contribution < -0.4 is 5.32 Å². The fourth-order valence-electron chi connectivity index (χ4n) is 1.50. The van der Waals surface area contributed by atoms with Gasteiger partial charge in [0, 0.05) is 12.1 Å². The summed E-state index contributed by atoms with van der Waals surface area (Å²) in [6.45, 7) is 12.0. The number of nitrogens with one attached hydrogen (secondary N) is 1. The van der Waals surface area contributed by atoms with Gasteiger partial charge in [0.15, 0.2) is 0 Å². The number of benzene rings is 1. The van der Waals surface area contributed by atoms with Crippen LogP contribution in [0.3, 0.4) is 0 Å². The molecular weight excluding hydrogens is 182 g/mol. The average molecular weight is 205 g/mol. The first-order valence-corrected chi connectivity index (χ1v) is 5.76. The van der Waals surface area contributed by atoms with Gasteiger partial charge in [0.2, 0.25) is 0 Å². The van der Waals surface area contributed by atoms with Gasteiger partial charge in [0.25, 0.3) is 0 Å². The van der Waals surface area contributed by atoms with Crippen molar-refractivity contribution in [3.05, 3.63) is 34.9 Å². The summed E-state index contributed by atoms with van der Waals surface area (Å²) in [5.41, 5.74) is 4.36. The minimum atomic E-state index is 0.233. The average Bonchev–Trinajstić information content (AvgIpc) is 2.16. The van der Waals surface area contributed by atoms with Crippen molar-refractivity contribution in [2.45, 2.75) is 53.1 Å². The monoisotopic (exact) mass is 205 g/mol.